The van der Waals surface area contributed by atoms with Gasteiger partial charge in [0.1, 0.15) is 5.75 Å². The van der Waals surface area contributed by atoms with E-state index in [9.17, 15) is 13.2 Å². The lowest BCUT2D eigenvalue weighted by molar-refractivity contribution is -0.138. The van der Waals surface area contributed by atoms with Crippen LogP contribution in [0.5, 0.6) is 5.75 Å². The Labute approximate surface area is 81.3 Å². The van der Waals surface area contributed by atoms with Crippen LogP contribution < -0.4 is 0 Å². The third-order valence-corrected chi connectivity index (χ3v) is 2.69. The van der Waals surface area contributed by atoms with Crippen molar-refractivity contribution in [3.63, 3.8) is 0 Å². The Hall–Kier alpha value is -0.710. The van der Waals surface area contributed by atoms with E-state index < -0.39 is 11.7 Å². The summed E-state index contributed by atoms with van der Waals surface area (Å²) in [6.07, 6.45) is -4.39. The Balaban J connectivity index is 3.35. The van der Waals surface area contributed by atoms with Gasteiger partial charge in [0.05, 0.1) is 5.56 Å². The summed E-state index contributed by atoms with van der Waals surface area (Å²) in [7, 11) is 0. The largest absolute Gasteiger partial charge is 0.508 e. The Morgan fingerprint density at radius 3 is 2.31 bits per heavy atom. The second kappa shape index (κ2) is 3.21. The molecular formula is C8H6BrF3O. The lowest BCUT2D eigenvalue weighted by Crippen LogP contribution is -2.06. The van der Waals surface area contributed by atoms with E-state index in [0.717, 1.165) is 12.1 Å². The van der Waals surface area contributed by atoms with Crippen LogP contribution in [0.3, 0.4) is 0 Å². The highest BCUT2D eigenvalue weighted by Gasteiger charge is 2.33. The number of rotatable bonds is 0. The molecule has 0 radical (unpaired) electrons. The molecule has 5 heteroatoms. The zero-order valence-electron chi connectivity index (χ0n) is 6.61. The lowest BCUT2D eigenvalue weighted by atomic mass is 10.1. The molecule has 0 aromatic heterocycles. The summed E-state index contributed by atoms with van der Waals surface area (Å²) in [4.78, 5) is 0. The van der Waals surface area contributed by atoms with Crippen molar-refractivity contribution >= 4 is 15.9 Å². The molecular weight excluding hydrogens is 249 g/mol. The van der Waals surface area contributed by atoms with E-state index in [1.807, 2.05) is 0 Å². The molecule has 0 aliphatic carbocycles. The van der Waals surface area contributed by atoms with Crippen LogP contribution in [0.1, 0.15) is 11.1 Å². The average molecular weight is 255 g/mol. The maximum Gasteiger partial charge on any atom is 0.417 e. The quantitative estimate of drug-likeness (QED) is 0.752. The van der Waals surface area contributed by atoms with E-state index in [4.69, 9.17) is 5.11 Å². The minimum Gasteiger partial charge on any atom is -0.508 e. The molecule has 1 N–H and O–H groups in total. The van der Waals surface area contributed by atoms with Gasteiger partial charge in [-0.15, -0.1) is 0 Å². The predicted octanol–water partition coefficient (Wildman–Crippen LogP) is 3.48. The van der Waals surface area contributed by atoms with Gasteiger partial charge in [0.2, 0.25) is 0 Å². The molecule has 0 spiro atoms. The van der Waals surface area contributed by atoms with Gasteiger partial charge in [-0.3, -0.25) is 0 Å². The smallest absolute Gasteiger partial charge is 0.417 e. The van der Waals surface area contributed by atoms with E-state index >= 15 is 0 Å². The summed E-state index contributed by atoms with van der Waals surface area (Å²) < 4.78 is 36.6. The maximum absolute atomic E-state index is 12.2. The molecule has 1 rings (SSSR count). The number of halogens is 4. The SMILES string of the molecule is Cc1c(O)ccc(C(F)(F)F)c1Br. The molecule has 0 unspecified atom stereocenters. The molecule has 0 heterocycles. The number of hydrogen-bond acceptors (Lipinski definition) is 1. The van der Waals surface area contributed by atoms with Crippen molar-refractivity contribution < 1.29 is 18.3 Å². The first-order chi connectivity index (χ1) is 5.84. The molecule has 0 aliphatic rings. The molecule has 1 aromatic carbocycles. The van der Waals surface area contributed by atoms with Gasteiger partial charge in [0, 0.05) is 10.0 Å². The van der Waals surface area contributed by atoms with Crippen LogP contribution in [-0.4, -0.2) is 5.11 Å². The fourth-order valence-corrected chi connectivity index (χ4v) is 1.45. The highest BCUT2D eigenvalue weighted by molar-refractivity contribution is 9.10. The highest BCUT2D eigenvalue weighted by Crippen LogP contribution is 2.38. The van der Waals surface area contributed by atoms with E-state index in [1.165, 1.54) is 6.92 Å². The van der Waals surface area contributed by atoms with Crippen LogP contribution >= 0.6 is 15.9 Å². The number of benzene rings is 1. The Kier molecular flexibility index (Phi) is 2.56. The summed E-state index contributed by atoms with van der Waals surface area (Å²) in [5.41, 5.74) is -0.586. The molecule has 1 aromatic rings. The Morgan fingerprint density at radius 1 is 1.31 bits per heavy atom. The molecule has 0 atom stereocenters. The van der Waals surface area contributed by atoms with Gasteiger partial charge in [-0.05, 0) is 35.0 Å². The van der Waals surface area contributed by atoms with Crippen LogP contribution in [0.4, 0.5) is 13.2 Å². The normalized spacial score (nSPS) is 11.8. The lowest BCUT2D eigenvalue weighted by Gasteiger charge is -2.11. The fraction of sp³-hybridized carbons (Fsp3) is 0.250. The number of hydrogen-bond donors (Lipinski definition) is 1. The monoisotopic (exact) mass is 254 g/mol. The summed E-state index contributed by atoms with van der Waals surface area (Å²) in [5.74, 6) is -0.153. The zero-order chi connectivity index (χ0) is 10.2. The highest BCUT2D eigenvalue weighted by atomic mass is 79.9. The van der Waals surface area contributed by atoms with E-state index in [0.29, 0.717) is 0 Å². The second-order valence-corrected chi connectivity index (χ2v) is 3.36. The van der Waals surface area contributed by atoms with Crippen molar-refractivity contribution in [2.75, 3.05) is 0 Å². The Bertz CT molecular complexity index is 333. The van der Waals surface area contributed by atoms with Gasteiger partial charge in [-0.25, -0.2) is 0 Å². The molecule has 0 bridgehead atoms. The van der Waals surface area contributed by atoms with Gasteiger partial charge in [0.25, 0.3) is 0 Å². The van der Waals surface area contributed by atoms with Crippen molar-refractivity contribution in [3.8, 4) is 5.75 Å². The van der Waals surface area contributed by atoms with E-state index in [2.05, 4.69) is 15.9 Å². The maximum atomic E-state index is 12.2. The van der Waals surface area contributed by atoms with Gasteiger partial charge < -0.3 is 5.11 Å². The molecule has 0 saturated heterocycles. The predicted molar refractivity (Wildman–Crippen MR) is 45.5 cm³/mol. The van der Waals surface area contributed by atoms with Crippen molar-refractivity contribution in [3.05, 3.63) is 27.7 Å². The van der Waals surface area contributed by atoms with Crippen molar-refractivity contribution in [2.24, 2.45) is 0 Å². The molecule has 0 aliphatic heterocycles. The van der Waals surface area contributed by atoms with Crippen LogP contribution in [0.25, 0.3) is 0 Å². The van der Waals surface area contributed by atoms with Crippen LogP contribution in [0, 0.1) is 6.92 Å². The van der Waals surface area contributed by atoms with Crippen molar-refractivity contribution in [1.82, 2.24) is 0 Å². The number of alkyl halides is 3. The number of aromatic hydroxyl groups is 1. The summed E-state index contributed by atoms with van der Waals surface area (Å²) >= 11 is 2.79. The molecule has 13 heavy (non-hydrogen) atoms. The minimum atomic E-state index is -4.39. The first-order valence-corrected chi connectivity index (χ1v) is 4.18. The zero-order valence-corrected chi connectivity index (χ0v) is 8.20. The number of phenols is 1. The summed E-state index contributed by atoms with van der Waals surface area (Å²) in [6, 6.07) is 1.87. The van der Waals surface area contributed by atoms with Gasteiger partial charge in [0.15, 0.2) is 0 Å². The molecule has 0 fully saturated rings. The van der Waals surface area contributed by atoms with Crippen LogP contribution in [0.15, 0.2) is 16.6 Å². The van der Waals surface area contributed by atoms with Crippen LogP contribution in [-0.2, 0) is 6.18 Å². The van der Waals surface area contributed by atoms with E-state index in [-0.39, 0.29) is 15.8 Å². The van der Waals surface area contributed by atoms with Gasteiger partial charge in [-0.1, -0.05) is 0 Å². The molecule has 72 valence electrons. The van der Waals surface area contributed by atoms with Gasteiger partial charge >= 0.3 is 6.18 Å². The third-order valence-electron chi connectivity index (χ3n) is 1.66. The third kappa shape index (κ3) is 1.96. The van der Waals surface area contributed by atoms with E-state index in [1.54, 1.807) is 0 Å². The topological polar surface area (TPSA) is 20.2 Å². The average Bonchev–Trinajstić information content (AvgIpc) is 1.98. The first-order valence-electron chi connectivity index (χ1n) is 3.39. The Morgan fingerprint density at radius 2 is 1.85 bits per heavy atom. The summed E-state index contributed by atoms with van der Waals surface area (Å²) in [5, 5.41) is 9.09. The molecule has 1 nitrogen and oxygen atoms in total. The van der Waals surface area contributed by atoms with Gasteiger partial charge in [-0.2, -0.15) is 13.2 Å². The minimum absolute atomic E-state index is 0.111. The number of phenolic OH excluding ortho intramolecular Hbond substituents is 1. The standard InChI is InChI=1S/C8H6BrF3O/c1-4-6(13)3-2-5(7(4)9)8(10,11)12/h2-3,13H,1H3. The second-order valence-electron chi connectivity index (χ2n) is 2.57. The fourth-order valence-electron chi connectivity index (χ4n) is 0.894. The first kappa shape index (κ1) is 10.4. The van der Waals surface area contributed by atoms with Crippen LogP contribution in [0.2, 0.25) is 0 Å². The van der Waals surface area contributed by atoms with Crippen molar-refractivity contribution in [2.45, 2.75) is 13.1 Å². The molecule has 0 amide bonds. The molecule has 0 saturated carbocycles. The van der Waals surface area contributed by atoms with Crippen molar-refractivity contribution in [1.29, 1.82) is 0 Å². The summed E-state index contributed by atoms with van der Waals surface area (Å²) in [6.45, 7) is 1.41.